The van der Waals surface area contributed by atoms with Gasteiger partial charge in [-0.1, -0.05) is 58.2 Å². The Hall–Kier alpha value is -2.60. The lowest BCUT2D eigenvalue weighted by Gasteiger charge is -2.30. The number of esters is 1. The molecule has 1 aliphatic carbocycles. The fraction of sp³-hybridized carbons (Fsp3) is 0.533. The van der Waals surface area contributed by atoms with Crippen LogP contribution >= 0.6 is 0 Å². The predicted octanol–water partition coefficient (Wildman–Crippen LogP) is 8.22. The van der Waals surface area contributed by atoms with Gasteiger partial charge in [0, 0.05) is 0 Å². The van der Waals surface area contributed by atoms with Gasteiger partial charge in [0.1, 0.15) is 11.8 Å². The number of hydrogen-bond donors (Lipinski definition) is 0. The summed E-state index contributed by atoms with van der Waals surface area (Å²) in [6, 6.07) is 15.6. The zero-order valence-corrected chi connectivity index (χ0v) is 20.6. The zero-order chi connectivity index (χ0) is 23.6. The Labute approximate surface area is 200 Å². The molecule has 0 aliphatic heterocycles. The van der Waals surface area contributed by atoms with E-state index in [9.17, 15) is 10.1 Å². The van der Waals surface area contributed by atoms with Crippen molar-refractivity contribution in [3.05, 3.63) is 64.7 Å². The molecular weight excluding hydrogens is 406 g/mol. The standard InChI is InChI=1S/C30H39NO2/c1-4-6-7-8-23-11-18-29(28(20-23)21-31)33-30(32)27-16-14-26(15-17-27)25-12-9-24(10-13-25)19-22(3)5-2/h11,14-18,20,22,24-25H,4-10,12-13,19H2,1-3H3. The SMILES string of the molecule is CCCCCc1ccc(OC(=O)c2ccc(C3CCC(CC(C)CC)CC3)cc2)c(C#N)c1. The molecule has 0 bridgehead atoms. The molecule has 0 heterocycles. The highest BCUT2D eigenvalue weighted by Gasteiger charge is 2.23. The van der Waals surface area contributed by atoms with Gasteiger partial charge < -0.3 is 4.74 Å². The molecule has 33 heavy (non-hydrogen) atoms. The maximum Gasteiger partial charge on any atom is 0.343 e. The van der Waals surface area contributed by atoms with E-state index >= 15 is 0 Å². The normalized spacial score (nSPS) is 19.0. The third-order valence-electron chi connectivity index (χ3n) is 7.33. The van der Waals surface area contributed by atoms with Crippen molar-refractivity contribution in [2.45, 2.75) is 90.9 Å². The summed E-state index contributed by atoms with van der Waals surface area (Å²) < 4.78 is 5.59. The fourth-order valence-corrected chi connectivity index (χ4v) is 5.01. The van der Waals surface area contributed by atoms with Crippen LogP contribution in [0, 0.1) is 23.2 Å². The van der Waals surface area contributed by atoms with Gasteiger partial charge >= 0.3 is 5.97 Å². The average Bonchev–Trinajstić information content (AvgIpc) is 2.85. The van der Waals surface area contributed by atoms with Crippen LogP contribution in [0.3, 0.4) is 0 Å². The van der Waals surface area contributed by atoms with Crippen molar-refractivity contribution in [1.29, 1.82) is 5.26 Å². The van der Waals surface area contributed by atoms with E-state index in [2.05, 4.69) is 39.0 Å². The van der Waals surface area contributed by atoms with E-state index in [4.69, 9.17) is 4.74 Å². The van der Waals surface area contributed by atoms with Crippen LogP contribution in [0.25, 0.3) is 0 Å². The second-order valence-electron chi connectivity index (χ2n) is 9.88. The van der Waals surface area contributed by atoms with Gasteiger partial charge in [0.15, 0.2) is 0 Å². The molecule has 0 aromatic heterocycles. The molecule has 1 unspecified atom stereocenters. The van der Waals surface area contributed by atoms with E-state index in [1.54, 1.807) is 6.07 Å². The van der Waals surface area contributed by atoms with Gasteiger partial charge in [-0.25, -0.2) is 4.79 Å². The van der Waals surface area contributed by atoms with E-state index in [0.717, 1.165) is 30.2 Å². The molecule has 3 heteroatoms. The summed E-state index contributed by atoms with van der Waals surface area (Å²) in [7, 11) is 0. The van der Waals surface area contributed by atoms with E-state index in [1.165, 1.54) is 56.9 Å². The molecule has 176 valence electrons. The minimum Gasteiger partial charge on any atom is -0.422 e. The number of nitrogens with zero attached hydrogens (tertiary/aromatic N) is 1. The van der Waals surface area contributed by atoms with Crippen LogP contribution < -0.4 is 4.74 Å². The first kappa shape index (κ1) is 25.0. The number of carbonyl (C=O) groups is 1. The third-order valence-corrected chi connectivity index (χ3v) is 7.33. The third kappa shape index (κ3) is 7.19. The highest BCUT2D eigenvalue weighted by atomic mass is 16.5. The molecule has 0 radical (unpaired) electrons. The van der Waals surface area contributed by atoms with Gasteiger partial charge in [0.25, 0.3) is 0 Å². The minimum atomic E-state index is -0.408. The summed E-state index contributed by atoms with van der Waals surface area (Å²) in [5.74, 6) is 2.22. The number of benzene rings is 2. The van der Waals surface area contributed by atoms with Crippen LogP contribution in [0.5, 0.6) is 5.75 Å². The van der Waals surface area contributed by atoms with Crippen molar-refractivity contribution in [3.63, 3.8) is 0 Å². The summed E-state index contributed by atoms with van der Waals surface area (Å²) in [6.45, 7) is 6.83. The molecule has 1 atom stereocenters. The molecule has 0 amide bonds. The first-order valence-corrected chi connectivity index (χ1v) is 12.9. The Morgan fingerprint density at radius 3 is 2.42 bits per heavy atom. The molecule has 0 saturated heterocycles. The summed E-state index contributed by atoms with van der Waals surface area (Å²) in [5, 5.41) is 9.52. The first-order valence-electron chi connectivity index (χ1n) is 12.9. The van der Waals surface area contributed by atoms with Crippen LogP contribution in [-0.4, -0.2) is 5.97 Å². The molecule has 1 fully saturated rings. The van der Waals surface area contributed by atoms with Crippen molar-refractivity contribution in [3.8, 4) is 11.8 Å². The second-order valence-corrected chi connectivity index (χ2v) is 9.88. The number of nitriles is 1. The maximum atomic E-state index is 12.7. The van der Waals surface area contributed by atoms with Crippen molar-refractivity contribution in [2.24, 2.45) is 11.8 Å². The number of carbonyl (C=O) groups excluding carboxylic acids is 1. The molecule has 2 aromatic carbocycles. The zero-order valence-electron chi connectivity index (χ0n) is 20.6. The Kier molecular flexibility index (Phi) is 9.55. The van der Waals surface area contributed by atoms with Crippen LogP contribution in [0.4, 0.5) is 0 Å². The Balaban J connectivity index is 1.57. The van der Waals surface area contributed by atoms with Crippen LogP contribution in [-0.2, 0) is 6.42 Å². The number of aryl methyl sites for hydroxylation is 1. The van der Waals surface area contributed by atoms with Gasteiger partial charge in [-0.3, -0.25) is 0 Å². The summed E-state index contributed by atoms with van der Waals surface area (Å²) in [5.41, 5.74) is 3.38. The average molecular weight is 446 g/mol. The molecule has 3 nitrogen and oxygen atoms in total. The van der Waals surface area contributed by atoms with Gasteiger partial charge in [0.05, 0.1) is 11.1 Å². The molecule has 1 saturated carbocycles. The van der Waals surface area contributed by atoms with Crippen LogP contribution in [0.15, 0.2) is 42.5 Å². The number of ether oxygens (including phenoxy) is 1. The lowest BCUT2D eigenvalue weighted by molar-refractivity contribution is 0.0734. The first-order chi connectivity index (χ1) is 16.0. The predicted molar refractivity (Wildman–Crippen MR) is 135 cm³/mol. The van der Waals surface area contributed by atoms with Crippen molar-refractivity contribution in [2.75, 3.05) is 0 Å². The largest absolute Gasteiger partial charge is 0.422 e. The fourth-order valence-electron chi connectivity index (χ4n) is 5.01. The van der Waals surface area contributed by atoms with E-state index in [-0.39, 0.29) is 0 Å². The van der Waals surface area contributed by atoms with Crippen LogP contribution in [0.1, 0.15) is 112 Å². The van der Waals surface area contributed by atoms with Gasteiger partial charge in [-0.2, -0.15) is 5.26 Å². The Bertz CT molecular complexity index is 933. The van der Waals surface area contributed by atoms with Gasteiger partial charge in [0.2, 0.25) is 0 Å². The Morgan fingerprint density at radius 2 is 1.79 bits per heavy atom. The number of hydrogen-bond acceptors (Lipinski definition) is 3. The quantitative estimate of drug-likeness (QED) is 0.210. The molecule has 1 aliphatic rings. The van der Waals surface area contributed by atoms with Crippen molar-refractivity contribution in [1.82, 2.24) is 0 Å². The maximum absolute atomic E-state index is 12.7. The lowest BCUT2D eigenvalue weighted by Crippen LogP contribution is -2.16. The molecule has 2 aromatic rings. The van der Waals surface area contributed by atoms with Crippen LogP contribution in [0.2, 0.25) is 0 Å². The summed E-state index contributed by atoms with van der Waals surface area (Å²) in [4.78, 5) is 12.7. The highest BCUT2D eigenvalue weighted by molar-refractivity contribution is 5.91. The Morgan fingerprint density at radius 1 is 1.06 bits per heavy atom. The van der Waals surface area contributed by atoms with Gasteiger partial charge in [-0.15, -0.1) is 0 Å². The van der Waals surface area contributed by atoms with Crippen molar-refractivity contribution < 1.29 is 9.53 Å². The van der Waals surface area contributed by atoms with Crippen molar-refractivity contribution >= 4 is 5.97 Å². The number of rotatable bonds is 10. The molecular formula is C30H39NO2. The summed E-state index contributed by atoms with van der Waals surface area (Å²) in [6.07, 6.45) is 12.1. The smallest absolute Gasteiger partial charge is 0.343 e. The van der Waals surface area contributed by atoms with Gasteiger partial charge in [-0.05, 0) is 98.1 Å². The minimum absolute atomic E-state index is 0.338. The lowest BCUT2D eigenvalue weighted by atomic mass is 9.75. The number of unbranched alkanes of at least 4 members (excludes halogenated alkanes) is 2. The molecule has 3 rings (SSSR count). The van der Waals surface area contributed by atoms with E-state index in [0.29, 0.717) is 22.8 Å². The second kappa shape index (κ2) is 12.6. The van der Waals surface area contributed by atoms with E-state index in [1.807, 2.05) is 24.3 Å². The topological polar surface area (TPSA) is 50.1 Å². The molecule has 0 spiro atoms. The molecule has 0 N–H and O–H groups in total. The highest BCUT2D eigenvalue weighted by Crippen LogP contribution is 2.38. The monoisotopic (exact) mass is 445 g/mol. The van der Waals surface area contributed by atoms with E-state index < -0.39 is 5.97 Å². The summed E-state index contributed by atoms with van der Waals surface area (Å²) >= 11 is 0.